The third-order valence-corrected chi connectivity index (χ3v) is 3.14. The third kappa shape index (κ3) is 73.7. The van der Waals surface area contributed by atoms with Crippen molar-refractivity contribution < 1.29 is 14.3 Å². The van der Waals surface area contributed by atoms with Gasteiger partial charge in [0.05, 0.1) is 0 Å². The van der Waals surface area contributed by atoms with E-state index in [4.69, 9.17) is 4.79 Å². The van der Waals surface area contributed by atoms with Crippen LogP contribution in [0, 0.1) is 6.92 Å². The van der Waals surface area contributed by atoms with Crippen LogP contribution < -0.4 is 0 Å². The van der Waals surface area contributed by atoms with E-state index in [0.717, 1.165) is 6.61 Å². The molecule has 0 aromatic heterocycles. The minimum atomic E-state index is 0.819. The highest BCUT2D eigenvalue weighted by Crippen LogP contribution is 2.00. The lowest BCUT2D eigenvalue weighted by Crippen LogP contribution is -1.73. The lowest BCUT2D eigenvalue weighted by molar-refractivity contribution is -0.0979. The van der Waals surface area contributed by atoms with Gasteiger partial charge in [-0.25, -0.2) is 0 Å². The number of carbonyl (C=O) groups excluding carboxylic acids is 1. The van der Waals surface area contributed by atoms with Gasteiger partial charge in [0.1, 0.15) is 6.79 Å². The molecule has 0 aliphatic rings. The Bertz CT molecular complexity index is 281. The molecule has 0 atom stereocenters. The Kier molecular flexibility index (Phi) is 67.2. The highest BCUT2D eigenvalue weighted by molar-refractivity contribution is 5.11. The molecular formula is C25H52O3. The smallest absolute Gasteiger partial charge is 0.106 e. The van der Waals surface area contributed by atoms with E-state index in [1.54, 1.807) is 21.3 Å². The molecular weight excluding hydrogens is 348 g/mol. The molecule has 0 spiro atoms. The largest absolute Gasteiger partial charge is 0.388 e. The molecule has 1 rings (SSSR count). The summed E-state index contributed by atoms with van der Waals surface area (Å²) in [5, 5.41) is 0. The van der Waals surface area contributed by atoms with Crippen LogP contribution in [0.15, 0.2) is 30.3 Å². The van der Waals surface area contributed by atoms with Crippen molar-refractivity contribution in [3.8, 4) is 0 Å². The molecule has 28 heavy (non-hydrogen) atoms. The summed E-state index contributed by atoms with van der Waals surface area (Å²) in [5.41, 5.74) is 1.32. The van der Waals surface area contributed by atoms with Crippen LogP contribution in [0.3, 0.4) is 0 Å². The molecule has 0 aliphatic carbocycles. The average molecular weight is 401 g/mol. The van der Waals surface area contributed by atoms with Crippen LogP contribution >= 0.6 is 0 Å². The van der Waals surface area contributed by atoms with Crippen molar-refractivity contribution in [3.05, 3.63) is 35.9 Å². The second-order valence-corrected chi connectivity index (χ2v) is 6.05. The average Bonchev–Trinajstić information content (AvgIpc) is 2.73. The highest BCUT2D eigenvalue weighted by atomic mass is 16.5. The van der Waals surface area contributed by atoms with Gasteiger partial charge in [0, 0.05) is 27.9 Å². The summed E-state index contributed by atoms with van der Waals surface area (Å²) < 4.78 is 8.79. The summed E-state index contributed by atoms with van der Waals surface area (Å²) in [7, 11) is 4.93. The number of rotatable bonds is 7. The van der Waals surface area contributed by atoms with Crippen LogP contribution in [0.2, 0.25) is 0 Å². The van der Waals surface area contributed by atoms with E-state index >= 15 is 0 Å². The van der Waals surface area contributed by atoms with Gasteiger partial charge in [0.25, 0.3) is 0 Å². The summed E-state index contributed by atoms with van der Waals surface area (Å²) in [6.07, 6.45) is 11.1. The van der Waals surface area contributed by atoms with E-state index in [-0.39, 0.29) is 0 Å². The summed E-state index contributed by atoms with van der Waals surface area (Å²) in [4.78, 5) is 8.00. The van der Waals surface area contributed by atoms with Gasteiger partial charge >= 0.3 is 0 Å². The first-order valence-electron chi connectivity index (χ1n) is 10.7. The normalized spacial score (nSPS) is 7.89. The Morgan fingerprint density at radius 2 is 1.00 bits per heavy atom. The molecule has 170 valence electrons. The molecule has 0 unspecified atom stereocenters. The quantitative estimate of drug-likeness (QED) is 0.436. The Labute approximate surface area is 178 Å². The first-order chi connectivity index (χ1) is 13.6. The van der Waals surface area contributed by atoms with E-state index in [1.807, 2.05) is 31.9 Å². The SMILES string of the molecule is C=O.CCCCC.CCCCCCC.CCOC.COC.Cc1ccccc1. The lowest BCUT2D eigenvalue weighted by atomic mass is 10.2. The zero-order valence-electron chi connectivity index (χ0n) is 20.7. The number of carbonyl (C=O) groups is 1. The van der Waals surface area contributed by atoms with Crippen LogP contribution in [0.25, 0.3) is 0 Å². The predicted octanol–water partition coefficient (Wildman–Crippen LogP) is 7.90. The molecule has 0 heterocycles. The summed E-state index contributed by atoms with van der Waals surface area (Å²) in [5.74, 6) is 0. The number of unbranched alkanes of at least 4 members (excludes halogenated alkanes) is 6. The van der Waals surface area contributed by atoms with Gasteiger partial charge in [-0.15, -0.1) is 0 Å². The van der Waals surface area contributed by atoms with Gasteiger partial charge in [-0.1, -0.05) is 115 Å². The maximum Gasteiger partial charge on any atom is 0.106 e. The highest BCUT2D eigenvalue weighted by Gasteiger charge is 1.80. The molecule has 0 fully saturated rings. The standard InChI is InChI=1S/C7H8.C7H16.C5H12.C3H8O.C2H6O.CH2O/c1-7-5-3-2-4-6-7;1-3-5-7-6-4-2;1-3-5-4-2;1-3-4-2;1-3-2;1-2/h2-6H,1H3;3-7H2,1-2H3;3-5H2,1-2H3;3H2,1-2H3;1-2H3;1H2. The van der Waals surface area contributed by atoms with E-state index in [1.165, 1.54) is 56.9 Å². The fraction of sp³-hybridized carbons (Fsp3) is 0.720. The fourth-order valence-corrected chi connectivity index (χ4v) is 1.56. The number of aryl methyl sites for hydroxylation is 1. The molecule has 0 radical (unpaired) electrons. The molecule has 3 nitrogen and oxygen atoms in total. The van der Waals surface area contributed by atoms with Crippen molar-refractivity contribution in [2.45, 2.75) is 92.9 Å². The zero-order valence-corrected chi connectivity index (χ0v) is 20.7. The monoisotopic (exact) mass is 400 g/mol. The molecule has 3 heteroatoms. The maximum absolute atomic E-state index is 8.00. The summed E-state index contributed by atoms with van der Waals surface area (Å²) in [6, 6.07) is 10.3. The van der Waals surface area contributed by atoms with E-state index < -0.39 is 0 Å². The lowest BCUT2D eigenvalue weighted by Gasteiger charge is -1.90. The molecule has 1 aromatic rings. The fourth-order valence-electron chi connectivity index (χ4n) is 1.56. The van der Waals surface area contributed by atoms with Crippen LogP contribution in [0.4, 0.5) is 0 Å². The minimum Gasteiger partial charge on any atom is -0.388 e. The molecule has 0 bridgehead atoms. The van der Waals surface area contributed by atoms with Gasteiger partial charge in [0.15, 0.2) is 0 Å². The Morgan fingerprint density at radius 1 is 0.679 bits per heavy atom. The van der Waals surface area contributed by atoms with Gasteiger partial charge in [-0.2, -0.15) is 0 Å². The van der Waals surface area contributed by atoms with E-state index in [2.05, 4.69) is 56.2 Å². The number of hydrogen-bond donors (Lipinski definition) is 0. The number of hydrogen-bond acceptors (Lipinski definition) is 3. The number of methoxy groups -OCH3 is 2. The number of benzene rings is 1. The van der Waals surface area contributed by atoms with Crippen LogP contribution in [-0.4, -0.2) is 34.7 Å². The van der Waals surface area contributed by atoms with Crippen molar-refractivity contribution in [2.24, 2.45) is 0 Å². The first kappa shape index (κ1) is 37.5. The second-order valence-electron chi connectivity index (χ2n) is 6.05. The zero-order chi connectivity index (χ0) is 22.9. The Morgan fingerprint density at radius 3 is 1.14 bits per heavy atom. The van der Waals surface area contributed by atoms with E-state index in [9.17, 15) is 0 Å². The first-order valence-corrected chi connectivity index (χ1v) is 10.7. The predicted molar refractivity (Wildman–Crippen MR) is 128 cm³/mol. The van der Waals surface area contributed by atoms with Gasteiger partial charge in [0.2, 0.25) is 0 Å². The molecule has 0 amide bonds. The third-order valence-electron chi connectivity index (χ3n) is 3.14. The topological polar surface area (TPSA) is 35.5 Å². The van der Waals surface area contributed by atoms with E-state index in [0.29, 0.717) is 0 Å². The van der Waals surface area contributed by atoms with Gasteiger partial charge < -0.3 is 14.3 Å². The molecule has 0 saturated heterocycles. The van der Waals surface area contributed by atoms with Crippen LogP contribution in [0.1, 0.15) is 91.5 Å². The van der Waals surface area contributed by atoms with Crippen molar-refractivity contribution in [1.29, 1.82) is 0 Å². The van der Waals surface area contributed by atoms with Crippen molar-refractivity contribution in [1.82, 2.24) is 0 Å². The molecule has 0 aliphatic heterocycles. The summed E-state index contributed by atoms with van der Waals surface area (Å²) in [6.45, 7) is 15.8. The van der Waals surface area contributed by atoms with Crippen molar-refractivity contribution >= 4 is 6.79 Å². The minimum absolute atomic E-state index is 0.819. The van der Waals surface area contributed by atoms with Crippen LogP contribution in [-0.2, 0) is 14.3 Å². The second kappa shape index (κ2) is 50.1. The molecule has 1 aromatic carbocycles. The molecule has 0 N–H and O–H groups in total. The van der Waals surface area contributed by atoms with Gasteiger partial charge in [-0.05, 0) is 13.8 Å². The maximum atomic E-state index is 8.00. The number of ether oxygens (including phenoxy) is 2. The van der Waals surface area contributed by atoms with Crippen LogP contribution in [0.5, 0.6) is 0 Å². The van der Waals surface area contributed by atoms with Crippen molar-refractivity contribution in [2.75, 3.05) is 27.9 Å². The van der Waals surface area contributed by atoms with Gasteiger partial charge in [-0.3, -0.25) is 0 Å². The van der Waals surface area contributed by atoms with Crippen molar-refractivity contribution in [3.63, 3.8) is 0 Å². The Hall–Kier alpha value is -1.19. The Balaban J connectivity index is -0.0000000795. The molecule has 0 saturated carbocycles. The summed E-state index contributed by atoms with van der Waals surface area (Å²) >= 11 is 0.